The van der Waals surface area contributed by atoms with Gasteiger partial charge in [0.05, 0.1) is 0 Å². The summed E-state index contributed by atoms with van der Waals surface area (Å²) in [5.41, 5.74) is 1.48. The average Bonchev–Trinajstić information content (AvgIpc) is 2.63. The molecule has 1 aromatic carbocycles. The van der Waals surface area contributed by atoms with Gasteiger partial charge in [0, 0.05) is 4.70 Å². The van der Waals surface area contributed by atoms with Gasteiger partial charge in [0.1, 0.15) is 0 Å². The highest BCUT2D eigenvalue weighted by molar-refractivity contribution is 7.17. The van der Waals surface area contributed by atoms with Crippen LogP contribution in [0.3, 0.4) is 0 Å². The third kappa shape index (κ3) is 1.97. The first-order valence-electron chi connectivity index (χ1n) is 5.07. The third-order valence-corrected chi connectivity index (χ3v) is 3.39. The van der Waals surface area contributed by atoms with E-state index in [9.17, 15) is 0 Å². The van der Waals surface area contributed by atoms with E-state index in [0.717, 1.165) is 19.5 Å². The molecule has 0 saturated carbocycles. The van der Waals surface area contributed by atoms with E-state index in [1.54, 1.807) is 0 Å². The van der Waals surface area contributed by atoms with Crippen LogP contribution in [0.4, 0.5) is 0 Å². The number of thiophene rings is 1. The van der Waals surface area contributed by atoms with Crippen LogP contribution >= 0.6 is 11.3 Å². The zero-order valence-electron chi connectivity index (χ0n) is 8.42. The van der Waals surface area contributed by atoms with Gasteiger partial charge in [0.2, 0.25) is 0 Å². The number of rotatable bonds is 4. The molecule has 0 aliphatic rings. The van der Waals surface area contributed by atoms with Crippen molar-refractivity contribution in [3.8, 4) is 0 Å². The third-order valence-electron chi connectivity index (χ3n) is 2.38. The predicted octanol–water partition coefficient (Wildman–Crippen LogP) is 3.05. The molecule has 0 radical (unpaired) electrons. The van der Waals surface area contributed by atoms with E-state index >= 15 is 0 Å². The summed E-state index contributed by atoms with van der Waals surface area (Å²) in [5, 5.41) is 7.06. The lowest BCUT2D eigenvalue weighted by Gasteiger charge is -2.00. The largest absolute Gasteiger partial charge is 0.317 e. The molecule has 0 bridgehead atoms. The molecule has 0 fully saturated rings. The van der Waals surface area contributed by atoms with E-state index in [2.05, 4.69) is 41.9 Å². The lowest BCUT2D eigenvalue weighted by Crippen LogP contribution is -2.15. The van der Waals surface area contributed by atoms with Crippen LogP contribution in [0, 0.1) is 0 Å². The fourth-order valence-electron chi connectivity index (χ4n) is 1.63. The molecular weight excluding hydrogens is 190 g/mol. The molecule has 0 saturated heterocycles. The summed E-state index contributed by atoms with van der Waals surface area (Å²) >= 11 is 1.84. The molecule has 0 aliphatic carbocycles. The highest BCUT2D eigenvalue weighted by atomic mass is 32.1. The Balaban J connectivity index is 2.17. The van der Waals surface area contributed by atoms with Gasteiger partial charge in [-0.15, -0.1) is 11.3 Å². The Kier molecular flexibility index (Phi) is 3.17. The first-order valence-corrected chi connectivity index (χ1v) is 5.95. The summed E-state index contributed by atoms with van der Waals surface area (Å²) in [6.07, 6.45) is 1.14. The maximum Gasteiger partial charge on any atom is 0.0345 e. The van der Waals surface area contributed by atoms with Crippen molar-refractivity contribution >= 4 is 21.4 Å². The van der Waals surface area contributed by atoms with Crippen molar-refractivity contribution in [1.29, 1.82) is 0 Å². The molecule has 14 heavy (non-hydrogen) atoms. The van der Waals surface area contributed by atoms with Gasteiger partial charge >= 0.3 is 0 Å². The monoisotopic (exact) mass is 205 g/mol. The van der Waals surface area contributed by atoms with E-state index in [0.29, 0.717) is 0 Å². The van der Waals surface area contributed by atoms with Crippen LogP contribution in [0.15, 0.2) is 29.6 Å². The van der Waals surface area contributed by atoms with Crippen LogP contribution < -0.4 is 5.32 Å². The first-order chi connectivity index (χ1) is 6.92. The molecule has 0 aliphatic heterocycles. The smallest absolute Gasteiger partial charge is 0.0345 e. The van der Waals surface area contributed by atoms with E-state index in [4.69, 9.17) is 0 Å². The molecule has 1 nitrogen and oxygen atoms in total. The summed E-state index contributed by atoms with van der Waals surface area (Å²) < 4.78 is 1.40. The molecule has 1 heterocycles. The van der Waals surface area contributed by atoms with Crippen LogP contribution in [-0.4, -0.2) is 13.1 Å². The SMILES string of the molecule is CCNCCc1csc2ccccc12. The van der Waals surface area contributed by atoms with E-state index in [-0.39, 0.29) is 0 Å². The number of hydrogen-bond donors (Lipinski definition) is 1. The van der Waals surface area contributed by atoms with Crippen molar-refractivity contribution in [1.82, 2.24) is 5.32 Å². The molecule has 0 amide bonds. The normalized spacial score (nSPS) is 10.9. The second-order valence-corrected chi connectivity index (χ2v) is 4.27. The van der Waals surface area contributed by atoms with Crippen LogP contribution in [0.25, 0.3) is 10.1 Å². The molecule has 1 aromatic heterocycles. The highest BCUT2D eigenvalue weighted by Crippen LogP contribution is 2.25. The summed E-state index contributed by atoms with van der Waals surface area (Å²) in [7, 11) is 0. The molecular formula is C12H15NS. The Morgan fingerprint density at radius 2 is 2.14 bits per heavy atom. The lowest BCUT2D eigenvalue weighted by atomic mass is 10.1. The zero-order valence-corrected chi connectivity index (χ0v) is 9.23. The molecule has 2 aromatic rings. The van der Waals surface area contributed by atoms with Gasteiger partial charge in [-0.05, 0) is 41.9 Å². The van der Waals surface area contributed by atoms with Crippen molar-refractivity contribution in [2.45, 2.75) is 13.3 Å². The first kappa shape index (κ1) is 9.69. The second kappa shape index (κ2) is 4.58. The van der Waals surface area contributed by atoms with Crippen molar-refractivity contribution in [2.75, 3.05) is 13.1 Å². The van der Waals surface area contributed by atoms with Crippen LogP contribution in [0.2, 0.25) is 0 Å². The van der Waals surface area contributed by atoms with Gasteiger partial charge in [-0.25, -0.2) is 0 Å². The fourth-order valence-corrected chi connectivity index (χ4v) is 2.62. The Bertz CT molecular complexity index is 405. The number of likely N-dealkylation sites (N-methyl/N-ethyl adjacent to an activating group) is 1. The predicted molar refractivity (Wildman–Crippen MR) is 64.1 cm³/mol. The molecule has 1 N–H and O–H groups in total. The van der Waals surface area contributed by atoms with Crippen molar-refractivity contribution in [3.63, 3.8) is 0 Å². The van der Waals surface area contributed by atoms with Crippen molar-refractivity contribution in [3.05, 3.63) is 35.2 Å². The summed E-state index contributed by atoms with van der Waals surface area (Å²) in [6, 6.07) is 8.63. The highest BCUT2D eigenvalue weighted by Gasteiger charge is 2.01. The fraction of sp³-hybridized carbons (Fsp3) is 0.333. The van der Waals surface area contributed by atoms with Gasteiger partial charge in [0.25, 0.3) is 0 Å². The topological polar surface area (TPSA) is 12.0 Å². The van der Waals surface area contributed by atoms with Gasteiger partial charge < -0.3 is 5.32 Å². The number of nitrogens with one attached hydrogen (secondary N) is 1. The number of benzene rings is 1. The number of fused-ring (bicyclic) bond motifs is 1. The van der Waals surface area contributed by atoms with E-state index in [1.807, 2.05) is 11.3 Å². The zero-order chi connectivity index (χ0) is 9.80. The summed E-state index contributed by atoms with van der Waals surface area (Å²) in [4.78, 5) is 0. The summed E-state index contributed by atoms with van der Waals surface area (Å²) in [6.45, 7) is 4.28. The lowest BCUT2D eigenvalue weighted by molar-refractivity contribution is 0.719. The molecule has 74 valence electrons. The maximum absolute atomic E-state index is 3.36. The Morgan fingerprint density at radius 1 is 1.29 bits per heavy atom. The number of hydrogen-bond acceptors (Lipinski definition) is 2. The quantitative estimate of drug-likeness (QED) is 0.756. The Morgan fingerprint density at radius 3 is 3.00 bits per heavy atom. The molecule has 0 atom stereocenters. The van der Waals surface area contributed by atoms with Crippen LogP contribution in [-0.2, 0) is 6.42 Å². The van der Waals surface area contributed by atoms with Gasteiger partial charge in [-0.3, -0.25) is 0 Å². The van der Waals surface area contributed by atoms with E-state index < -0.39 is 0 Å². The van der Waals surface area contributed by atoms with Gasteiger partial charge in [-0.2, -0.15) is 0 Å². The minimum absolute atomic E-state index is 1.06. The molecule has 2 rings (SSSR count). The minimum Gasteiger partial charge on any atom is -0.317 e. The van der Waals surface area contributed by atoms with E-state index in [1.165, 1.54) is 15.6 Å². The summed E-state index contributed by atoms with van der Waals surface area (Å²) in [5.74, 6) is 0. The molecule has 0 spiro atoms. The average molecular weight is 205 g/mol. The van der Waals surface area contributed by atoms with Gasteiger partial charge in [-0.1, -0.05) is 25.1 Å². The van der Waals surface area contributed by atoms with Crippen molar-refractivity contribution < 1.29 is 0 Å². The van der Waals surface area contributed by atoms with Crippen molar-refractivity contribution in [2.24, 2.45) is 0 Å². The van der Waals surface area contributed by atoms with Crippen LogP contribution in [0.5, 0.6) is 0 Å². The Labute approximate surface area is 88.8 Å². The maximum atomic E-state index is 3.36. The molecule has 0 unspecified atom stereocenters. The minimum atomic E-state index is 1.06. The van der Waals surface area contributed by atoms with Gasteiger partial charge in [0.15, 0.2) is 0 Å². The standard InChI is InChI=1S/C12H15NS/c1-2-13-8-7-10-9-14-12-6-4-3-5-11(10)12/h3-6,9,13H,2,7-8H2,1H3. The Hall–Kier alpha value is -0.860. The second-order valence-electron chi connectivity index (χ2n) is 3.36. The van der Waals surface area contributed by atoms with Crippen LogP contribution in [0.1, 0.15) is 12.5 Å². The molecule has 2 heteroatoms.